The molecule has 2 rings (SSSR count). The predicted molar refractivity (Wildman–Crippen MR) is 98.3 cm³/mol. The average molecular weight is 397 g/mol. The molecule has 0 saturated heterocycles. The first-order valence-corrected chi connectivity index (χ1v) is 8.56. The molecule has 0 unspecified atom stereocenters. The first-order chi connectivity index (χ1) is 13.0. The number of halogens is 3. The van der Waals surface area contributed by atoms with E-state index in [-0.39, 0.29) is 24.7 Å². The Morgan fingerprint density at radius 3 is 2.36 bits per heavy atom. The minimum absolute atomic E-state index is 0.0791. The number of hydrogen-bond acceptors (Lipinski definition) is 4. The fourth-order valence-electron chi connectivity index (χ4n) is 2.32. The Bertz CT molecular complexity index is 829. The van der Waals surface area contributed by atoms with Crippen molar-refractivity contribution in [2.75, 3.05) is 13.2 Å². The summed E-state index contributed by atoms with van der Waals surface area (Å²) in [5, 5.41) is 12.6. The summed E-state index contributed by atoms with van der Waals surface area (Å²) in [4.78, 5) is 11.5. The lowest BCUT2D eigenvalue weighted by atomic mass is 10.0. The zero-order valence-electron chi connectivity index (χ0n) is 15.8. The Kier molecular flexibility index (Phi) is 6.43. The molecule has 0 heterocycles. The molecule has 2 N–H and O–H groups in total. The third kappa shape index (κ3) is 6.37. The number of carbonyl (C=O) groups excluding carboxylic acids is 1. The van der Waals surface area contributed by atoms with Crippen molar-refractivity contribution in [2.45, 2.75) is 32.5 Å². The van der Waals surface area contributed by atoms with Crippen LogP contribution < -0.4 is 10.1 Å². The van der Waals surface area contributed by atoms with Crippen molar-refractivity contribution in [1.29, 1.82) is 0 Å². The van der Waals surface area contributed by atoms with Gasteiger partial charge < -0.3 is 19.9 Å². The minimum atomic E-state index is -4.44. The third-order valence-electron chi connectivity index (χ3n) is 3.51. The Hall–Kier alpha value is -2.90. The first-order valence-electron chi connectivity index (χ1n) is 8.56. The van der Waals surface area contributed by atoms with Gasteiger partial charge in [-0.25, -0.2) is 4.79 Å². The number of ether oxygens (including phenoxy) is 2. The second kappa shape index (κ2) is 8.41. The second-order valence-corrected chi connectivity index (χ2v) is 7.04. The van der Waals surface area contributed by atoms with E-state index in [1.807, 2.05) is 0 Å². The van der Waals surface area contributed by atoms with Crippen molar-refractivity contribution in [3.63, 3.8) is 0 Å². The highest BCUT2D eigenvalue weighted by Crippen LogP contribution is 2.35. The van der Waals surface area contributed by atoms with Gasteiger partial charge in [-0.3, -0.25) is 0 Å². The fourth-order valence-corrected chi connectivity index (χ4v) is 2.32. The second-order valence-electron chi connectivity index (χ2n) is 7.04. The number of phenolic OH excluding ortho intramolecular Hbond substituents is 1. The van der Waals surface area contributed by atoms with E-state index in [1.54, 1.807) is 26.8 Å². The maximum Gasteiger partial charge on any atom is 0.416 e. The van der Waals surface area contributed by atoms with Crippen LogP contribution in [0, 0.1) is 0 Å². The van der Waals surface area contributed by atoms with Gasteiger partial charge in [-0.05, 0) is 56.2 Å². The molecule has 2 aromatic carbocycles. The summed E-state index contributed by atoms with van der Waals surface area (Å²) in [6.07, 6.45) is -5.03. The van der Waals surface area contributed by atoms with E-state index in [4.69, 9.17) is 9.47 Å². The highest BCUT2D eigenvalue weighted by atomic mass is 19.4. The van der Waals surface area contributed by atoms with Crippen molar-refractivity contribution in [1.82, 2.24) is 5.32 Å². The standard InChI is InChI=1S/C20H22F3NO4/c1-19(2,3)28-18(26)24-9-10-27-17-8-7-14(12-16(17)25)13-5-4-6-15(11-13)20(21,22)23/h4-8,11-12,25H,9-10H2,1-3H3,(H,24,26). The predicted octanol–water partition coefficient (Wildman–Crippen LogP) is 4.98. The highest BCUT2D eigenvalue weighted by molar-refractivity contribution is 5.68. The molecule has 0 aliphatic carbocycles. The van der Waals surface area contributed by atoms with Gasteiger partial charge >= 0.3 is 12.3 Å². The van der Waals surface area contributed by atoms with Crippen molar-refractivity contribution in [3.05, 3.63) is 48.0 Å². The number of phenols is 1. The zero-order chi connectivity index (χ0) is 20.9. The number of hydrogen-bond donors (Lipinski definition) is 2. The van der Waals surface area contributed by atoms with Crippen LogP contribution in [0.3, 0.4) is 0 Å². The molecule has 0 aliphatic rings. The molecule has 0 radical (unpaired) electrons. The SMILES string of the molecule is CC(C)(C)OC(=O)NCCOc1ccc(-c2cccc(C(F)(F)F)c2)cc1O. The van der Waals surface area contributed by atoms with Gasteiger partial charge in [-0.15, -0.1) is 0 Å². The van der Waals surface area contributed by atoms with Crippen LogP contribution in [-0.4, -0.2) is 30.0 Å². The number of aromatic hydroxyl groups is 1. The monoisotopic (exact) mass is 397 g/mol. The van der Waals surface area contributed by atoms with E-state index in [9.17, 15) is 23.1 Å². The maximum absolute atomic E-state index is 12.8. The molecule has 0 bridgehead atoms. The molecule has 0 spiro atoms. The van der Waals surface area contributed by atoms with Crippen molar-refractivity contribution < 1.29 is 32.5 Å². The van der Waals surface area contributed by atoms with Crippen LogP contribution in [0.4, 0.5) is 18.0 Å². The molecule has 28 heavy (non-hydrogen) atoms. The number of carbonyl (C=O) groups is 1. The van der Waals surface area contributed by atoms with Gasteiger partial charge in [0.15, 0.2) is 11.5 Å². The Balaban J connectivity index is 1.97. The summed E-state index contributed by atoms with van der Waals surface area (Å²) in [7, 11) is 0. The highest BCUT2D eigenvalue weighted by Gasteiger charge is 2.30. The van der Waals surface area contributed by atoms with Crippen molar-refractivity contribution in [2.24, 2.45) is 0 Å². The summed E-state index contributed by atoms with van der Waals surface area (Å²) in [6, 6.07) is 9.16. The minimum Gasteiger partial charge on any atom is -0.504 e. The number of nitrogens with one attached hydrogen (secondary N) is 1. The van der Waals surface area contributed by atoms with Gasteiger partial charge in [0.2, 0.25) is 0 Å². The molecule has 5 nitrogen and oxygen atoms in total. The molecule has 0 atom stereocenters. The summed E-state index contributed by atoms with van der Waals surface area (Å²) in [5.74, 6) is -0.0612. The van der Waals surface area contributed by atoms with Crippen LogP contribution >= 0.6 is 0 Å². The number of alkyl halides is 3. The summed E-state index contributed by atoms with van der Waals surface area (Å²) in [5.41, 5.74) is -0.633. The Morgan fingerprint density at radius 1 is 1.07 bits per heavy atom. The van der Waals surface area contributed by atoms with E-state index >= 15 is 0 Å². The van der Waals surface area contributed by atoms with Gasteiger partial charge in [0.25, 0.3) is 0 Å². The van der Waals surface area contributed by atoms with E-state index in [0.29, 0.717) is 11.1 Å². The van der Waals surface area contributed by atoms with Crippen molar-refractivity contribution >= 4 is 6.09 Å². The number of benzene rings is 2. The third-order valence-corrected chi connectivity index (χ3v) is 3.51. The normalized spacial score (nSPS) is 11.8. The lowest BCUT2D eigenvalue weighted by Gasteiger charge is -2.19. The molecule has 152 valence electrons. The molecule has 0 fully saturated rings. The van der Waals surface area contributed by atoms with Crippen LogP contribution in [0.25, 0.3) is 11.1 Å². The van der Waals surface area contributed by atoms with Crippen LogP contribution in [0.5, 0.6) is 11.5 Å². The zero-order valence-corrected chi connectivity index (χ0v) is 15.8. The number of rotatable bonds is 5. The fraction of sp³-hybridized carbons (Fsp3) is 0.350. The van der Waals surface area contributed by atoms with Gasteiger partial charge in [-0.2, -0.15) is 13.2 Å². The lowest BCUT2D eigenvalue weighted by Crippen LogP contribution is -2.34. The van der Waals surface area contributed by atoms with E-state index < -0.39 is 23.4 Å². The number of amides is 1. The topological polar surface area (TPSA) is 67.8 Å². The molecule has 2 aromatic rings. The Morgan fingerprint density at radius 2 is 1.75 bits per heavy atom. The summed E-state index contributed by atoms with van der Waals surface area (Å²) >= 11 is 0. The summed E-state index contributed by atoms with van der Waals surface area (Å²) in [6.45, 7) is 5.46. The van der Waals surface area contributed by atoms with Crippen molar-refractivity contribution in [3.8, 4) is 22.6 Å². The molecule has 0 aromatic heterocycles. The smallest absolute Gasteiger partial charge is 0.416 e. The number of alkyl carbamates (subject to hydrolysis) is 1. The molecule has 8 heteroatoms. The van der Waals surface area contributed by atoms with Gasteiger partial charge in [0.05, 0.1) is 12.1 Å². The van der Waals surface area contributed by atoms with E-state index in [1.165, 1.54) is 24.3 Å². The largest absolute Gasteiger partial charge is 0.504 e. The van der Waals surface area contributed by atoms with E-state index in [0.717, 1.165) is 12.1 Å². The lowest BCUT2D eigenvalue weighted by molar-refractivity contribution is -0.137. The van der Waals surface area contributed by atoms with Crippen LogP contribution in [0.1, 0.15) is 26.3 Å². The molecule has 0 saturated carbocycles. The quantitative estimate of drug-likeness (QED) is 0.698. The van der Waals surface area contributed by atoms with Gasteiger partial charge in [0.1, 0.15) is 12.2 Å². The van der Waals surface area contributed by atoms with Crippen LogP contribution in [0.2, 0.25) is 0 Å². The first kappa shape index (κ1) is 21.4. The van der Waals surface area contributed by atoms with Gasteiger partial charge in [-0.1, -0.05) is 18.2 Å². The Labute approximate surface area is 161 Å². The summed E-state index contributed by atoms with van der Waals surface area (Å²) < 4.78 is 49.0. The molecular formula is C20H22F3NO4. The molecular weight excluding hydrogens is 375 g/mol. The molecule has 1 amide bonds. The maximum atomic E-state index is 12.8. The average Bonchev–Trinajstić information content (AvgIpc) is 2.57. The van der Waals surface area contributed by atoms with E-state index in [2.05, 4.69) is 5.32 Å². The van der Waals surface area contributed by atoms with Crippen LogP contribution in [-0.2, 0) is 10.9 Å². The van der Waals surface area contributed by atoms with Gasteiger partial charge in [0, 0.05) is 0 Å². The molecule has 0 aliphatic heterocycles. The van der Waals surface area contributed by atoms with Crippen LogP contribution in [0.15, 0.2) is 42.5 Å².